The van der Waals surface area contributed by atoms with E-state index in [4.69, 9.17) is 4.74 Å². The Labute approximate surface area is 145 Å². The lowest BCUT2D eigenvalue weighted by Crippen LogP contribution is -2.35. The number of hydrogen-bond acceptors (Lipinski definition) is 4. The molecule has 1 N–H and O–H groups in total. The molecular formula is C19H19N3O3. The van der Waals surface area contributed by atoms with E-state index < -0.39 is 0 Å². The highest BCUT2D eigenvalue weighted by Gasteiger charge is 2.08. The van der Waals surface area contributed by atoms with Crippen LogP contribution in [0.3, 0.4) is 0 Å². The van der Waals surface area contributed by atoms with Gasteiger partial charge in [0.1, 0.15) is 6.54 Å². The van der Waals surface area contributed by atoms with Crippen LogP contribution in [0.5, 0.6) is 0 Å². The summed E-state index contributed by atoms with van der Waals surface area (Å²) in [6, 6.07) is 17.1. The zero-order chi connectivity index (χ0) is 17.6. The summed E-state index contributed by atoms with van der Waals surface area (Å²) in [6.45, 7) is 0.698. The van der Waals surface area contributed by atoms with E-state index in [2.05, 4.69) is 10.4 Å². The second-order valence-corrected chi connectivity index (χ2v) is 5.62. The van der Waals surface area contributed by atoms with Gasteiger partial charge in [0.2, 0.25) is 5.91 Å². The molecule has 0 aliphatic carbocycles. The molecule has 25 heavy (non-hydrogen) atoms. The fourth-order valence-electron chi connectivity index (χ4n) is 2.55. The van der Waals surface area contributed by atoms with Crippen LogP contribution in [0.15, 0.2) is 59.4 Å². The number of nitrogens with zero attached hydrogens (tertiary/aromatic N) is 2. The van der Waals surface area contributed by atoms with Gasteiger partial charge in [-0.25, -0.2) is 4.68 Å². The van der Waals surface area contributed by atoms with E-state index >= 15 is 0 Å². The molecule has 2 aromatic carbocycles. The molecule has 0 aliphatic rings. The molecule has 128 valence electrons. The molecular weight excluding hydrogens is 318 g/mol. The highest BCUT2D eigenvalue weighted by molar-refractivity contribution is 5.86. The van der Waals surface area contributed by atoms with Gasteiger partial charge in [-0.05, 0) is 22.9 Å². The average Bonchev–Trinajstić information content (AvgIpc) is 2.63. The Hall–Kier alpha value is -2.99. The topological polar surface area (TPSA) is 73.2 Å². The van der Waals surface area contributed by atoms with Crippen molar-refractivity contribution in [3.63, 3.8) is 0 Å². The van der Waals surface area contributed by atoms with Crippen LogP contribution in [-0.2, 0) is 16.1 Å². The lowest BCUT2D eigenvalue weighted by atomic mass is 10.1. The van der Waals surface area contributed by atoms with Crippen molar-refractivity contribution < 1.29 is 9.53 Å². The molecule has 3 aromatic rings. The van der Waals surface area contributed by atoms with E-state index in [9.17, 15) is 9.59 Å². The molecule has 1 aromatic heterocycles. The van der Waals surface area contributed by atoms with Crippen molar-refractivity contribution in [1.29, 1.82) is 0 Å². The zero-order valence-corrected chi connectivity index (χ0v) is 13.9. The third-order valence-electron chi connectivity index (χ3n) is 3.83. The van der Waals surface area contributed by atoms with Gasteiger partial charge < -0.3 is 10.1 Å². The fourth-order valence-corrected chi connectivity index (χ4v) is 2.55. The molecule has 6 nitrogen and oxygen atoms in total. The summed E-state index contributed by atoms with van der Waals surface area (Å²) < 4.78 is 6.05. The predicted octanol–water partition coefficient (Wildman–Crippen LogP) is 1.83. The first-order valence-corrected chi connectivity index (χ1v) is 8.00. The maximum absolute atomic E-state index is 12.0. The van der Waals surface area contributed by atoms with Crippen LogP contribution in [0.1, 0.15) is 0 Å². The summed E-state index contributed by atoms with van der Waals surface area (Å²) in [7, 11) is 1.56. The van der Waals surface area contributed by atoms with E-state index in [1.807, 2.05) is 42.5 Å². The van der Waals surface area contributed by atoms with Crippen molar-refractivity contribution in [2.75, 3.05) is 20.3 Å². The van der Waals surface area contributed by atoms with Crippen molar-refractivity contribution in [2.45, 2.75) is 6.54 Å². The van der Waals surface area contributed by atoms with E-state index in [1.165, 1.54) is 10.7 Å². The number of fused-ring (bicyclic) bond motifs is 1. The van der Waals surface area contributed by atoms with Crippen molar-refractivity contribution >= 4 is 16.7 Å². The number of benzene rings is 2. The molecule has 1 amide bonds. The van der Waals surface area contributed by atoms with Crippen LogP contribution < -0.4 is 10.9 Å². The smallest absolute Gasteiger partial charge is 0.267 e. The highest BCUT2D eigenvalue weighted by atomic mass is 16.5. The first-order chi connectivity index (χ1) is 12.2. The number of carbonyl (C=O) groups excluding carboxylic acids is 1. The van der Waals surface area contributed by atoms with E-state index in [1.54, 1.807) is 13.2 Å². The Morgan fingerprint density at radius 1 is 1.12 bits per heavy atom. The Morgan fingerprint density at radius 2 is 1.92 bits per heavy atom. The lowest BCUT2D eigenvalue weighted by Gasteiger charge is -2.08. The quantitative estimate of drug-likeness (QED) is 0.697. The predicted molar refractivity (Wildman–Crippen MR) is 96.3 cm³/mol. The average molecular weight is 337 g/mol. The van der Waals surface area contributed by atoms with Crippen LogP contribution in [0.2, 0.25) is 0 Å². The number of carbonyl (C=O) groups is 1. The molecule has 0 spiro atoms. The number of nitrogens with one attached hydrogen (secondary N) is 1. The molecule has 6 heteroatoms. The van der Waals surface area contributed by atoms with Gasteiger partial charge in [0.25, 0.3) is 5.56 Å². The number of aromatic nitrogens is 2. The molecule has 0 bridgehead atoms. The monoisotopic (exact) mass is 337 g/mol. The standard InChI is InChI=1S/C19H19N3O3/c1-25-11-10-20-18(23)13-22-19(24)9-8-17(21-22)16-7-6-14-4-2-3-5-15(14)12-16/h2-9,12H,10-11,13H2,1H3,(H,20,23). The van der Waals surface area contributed by atoms with Gasteiger partial charge in [-0.1, -0.05) is 36.4 Å². The van der Waals surface area contributed by atoms with E-state index in [0.717, 1.165) is 16.3 Å². The summed E-state index contributed by atoms with van der Waals surface area (Å²) in [5.74, 6) is -0.276. The molecule has 0 fully saturated rings. The number of hydrogen-bond donors (Lipinski definition) is 1. The van der Waals surface area contributed by atoms with Gasteiger partial charge in [0, 0.05) is 25.3 Å². The second-order valence-electron chi connectivity index (χ2n) is 5.62. The van der Waals surface area contributed by atoms with Crippen molar-refractivity contribution in [3.05, 3.63) is 65.0 Å². The molecule has 0 radical (unpaired) electrons. The molecule has 3 rings (SSSR count). The normalized spacial score (nSPS) is 10.8. The molecule has 0 atom stereocenters. The first-order valence-electron chi connectivity index (χ1n) is 8.00. The SMILES string of the molecule is COCCNC(=O)Cn1nc(-c2ccc3ccccc3c2)ccc1=O. The van der Waals surface area contributed by atoms with Crippen molar-refractivity contribution in [3.8, 4) is 11.3 Å². The minimum atomic E-state index is -0.313. The van der Waals surface area contributed by atoms with Gasteiger partial charge in [-0.3, -0.25) is 9.59 Å². The Morgan fingerprint density at radius 3 is 2.72 bits per heavy atom. The Kier molecular flexibility index (Phi) is 5.20. The summed E-state index contributed by atoms with van der Waals surface area (Å²) >= 11 is 0. The van der Waals surface area contributed by atoms with E-state index in [0.29, 0.717) is 18.8 Å². The van der Waals surface area contributed by atoms with Crippen molar-refractivity contribution in [2.24, 2.45) is 0 Å². The fraction of sp³-hybridized carbons (Fsp3) is 0.211. The minimum Gasteiger partial charge on any atom is -0.383 e. The summed E-state index contributed by atoms with van der Waals surface area (Å²) in [6.07, 6.45) is 0. The van der Waals surface area contributed by atoms with Crippen LogP contribution in [0.4, 0.5) is 0 Å². The third-order valence-corrected chi connectivity index (χ3v) is 3.83. The highest BCUT2D eigenvalue weighted by Crippen LogP contribution is 2.22. The largest absolute Gasteiger partial charge is 0.383 e. The number of rotatable bonds is 6. The van der Waals surface area contributed by atoms with Gasteiger partial charge in [-0.15, -0.1) is 0 Å². The van der Waals surface area contributed by atoms with Crippen LogP contribution >= 0.6 is 0 Å². The zero-order valence-electron chi connectivity index (χ0n) is 13.9. The molecule has 1 heterocycles. The molecule has 0 saturated carbocycles. The van der Waals surface area contributed by atoms with Crippen LogP contribution in [-0.4, -0.2) is 35.9 Å². The van der Waals surface area contributed by atoms with Crippen LogP contribution in [0.25, 0.3) is 22.0 Å². The Bertz CT molecular complexity index is 950. The minimum absolute atomic E-state index is 0.121. The second kappa shape index (κ2) is 7.72. The molecule has 0 saturated heterocycles. The number of ether oxygens (including phenoxy) is 1. The third kappa shape index (κ3) is 4.10. The number of methoxy groups -OCH3 is 1. The molecule has 0 unspecified atom stereocenters. The van der Waals surface area contributed by atoms with Gasteiger partial charge in [0.15, 0.2) is 0 Å². The molecule has 0 aliphatic heterocycles. The maximum Gasteiger partial charge on any atom is 0.267 e. The van der Waals surface area contributed by atoms with Crippen molar-refractivity contribution in [1.82, 2.24) is 15.1 Å². The van der Waals surface area contributed by atoms with Gasteiger partial charge in [-0.2, -0.15) is 5.10 Å². The van der Waals surface area contributed by atoms with Crippen LogP contribution in [0, 0.1) is 0 Å². The van der Waals surface area contributed by atoms with Gasteiger partial charge >= 0.3 is 0 Å². The number of amides is 1. The lowest BCUT2D eigenvalue weighted by molar-refractivity contribution is -0.122. The summed E-state index contributed by atoms with van der Waals surface area (Å²) in [5, 5.41) is 9.24. The van der Waals surface area contributed by atoms with Gasteiger partial charge in [0.05, 0.1) is 12.3 Å². The first kappa shape index (κ1) is 16.9. The van der Waals surface area contributed by atoms with E-state index in [-0.39, 0.29) is 18.0 Å². The Balaban J connectivity index is 1.85. The summed E-state index contributed by atoms with van der Waals surface area (Å²) in [4.78, 5) is 23.9. The summed E-state index contributed by atoms with van der Waals surface area (Å²) in [5.41, 5.74) is 1.23. The maximum atomic E-state index is 12.0.